The van der Waals surface area contributed by atoms with Crippen LogP contribution in [0.15, 0.2) is 42.5 Å². The second kappa shape index (κ2) is 7.88. The van der Waals surface area contributed by atoms with Crippen LogP contribution in [-0.4, -0.2) is 18.4 Å². The number of nitrogens with zero attached hydrogens (tertiary/aromatic N) is 1. The van der Waals surface area contributed by atoms with Crippen LogP contribution in [-0.2, 0) is 16.1 Å². The molecular formula is C17H15ClF2N2O2. The van der Waals surface area contributed by atoms with Crippen LogP contribution in [0, 0.1) is 11.6 Å². The molecule has 0 aromatic heterocycles. The number of hydrogen-bond acceptors (Lipinski definition) is 2. The van der Waals surface area contributed by atoms with Gasteiger partial charge in [0.05, 0.1) is 0 Å². The van der Waals surface area contributed by atoms with E-state index in [2.05, 4.69) is 5.32 Å². The van der Waals surface area contributed by atoms with Gasteiger partial charge in [0.1, 0.15) is 23.9 Å². The van der Waals surface area contributed by atoms with Crippen molar-refractivity contribution in [1.29, 1.82) is 0 Å². The second-order valence-corrected chi connectivity index (χ2v) is 5.52. The summed E-state index contributed by atoms with van der Waals surface area (Å²) < 4.78 is 27.6. The highest BCUT2D eigenvalue weighted by molar-refractivity contribution is 6.30. The Balaban J connectivity index is 2.06. The quantitative estimate of drug-likeness (QED) is 0.897. The number of benzene rings is 2. The van der Waals surface area contributed by atoms with Crippen LogP contribution in [0.1, 0.15) is 12.5 Å². The first-order valence-electron chi connectivity index (χ1n) is 7.11. The highest BCUT2D eigenvalue weighted by Gasteiger charge is 2.22. The summed E-state index contributed by atoms with van der Waals surface area (Å²) >= 11 is 5.77. The molecule has 2 aromatic rings. The molecule has 2 aromatic carbocycles. The number of halogens is 3. The van der Waals surface area contributed by atoms with Gasteiger partial charge in [-0.1, -0.05) is 29.8 Å². The molecule has 2 amide bonds. The zero-order chi connectivity index (χ0) is 17.7. The number of rotatable bonds is 5. The molecule has 2 rings (SSSR count). The Morgan fingerprint density at radius 2 is 1.67 bits per heavy atom. The van der Waals surface area contributed by atoms with E-state index in [4.69, 9.17) is 11.6 Å². The first-order valence-corrected chi connectivity index (χ1v) is 7.49. The van der Waals surface area contributed by atoms with Crippen molar-refractivity contribution in [1.82, 2.24) is 5.32 Å². The third-order valence-electron chi connectivity index (χ3n) is 3.29. The lowest BCUT2D eigenvalue weighted by Crippen LogP contribution is -2.40. The van der Waals surface area contributed by atoms with Crippen molar-refractivity contribution in [3.05, 3.63) is 64.7 Å². The molecule has 0 saturated heterocycles. The Morgan fingerprint density at radius 3 is 2.21 bits per heavy atom. The number of hydrogen-bond donors (Lipinski definition) is 1. The molecule has 0 aliphatic heterocycles. The number of amides is 2. The summed E-state index contributed by atoms with van der Waals surface area (Å²) in [5, 5.41) is 3.16. The number of carbonyl (C=O) groups is 2. The molecule has 0 bridgehead atoms. The predicted molar refractivity (Wildman–Crippen MR) is 87.7 cm³/mol. The summed E-state index contributed by atoms with van der Waals surface area (Å²) in [7, 11) is 0. The lowest BCUT2D eigenvalue weighted by molar-refractivity contribution is -0.123. The molecule has 0 saturated carbocycles. The minimum Gasteiger partial charge on any atom is -0.350 e. The summed E-state index contributed by atoms with van der Waals surface area (Å²) in [6.45, 7) is 0.862. The number of nitrogens with one attached hydrogen (secondary N) is 1. The second-order valence-electron chi connectivity index (χ2n) is 5.08. The summed E-state index contributed by atoms with van der Waals surface area (Å²) in [5.41, 5.74) is 0.269. The average Bonchev–Trinajstić information content (AvgIpc) is 2.53. The number of carbonyl (C=O) groups excluding carboxylic acids is 2. The molecule has 0 heterocycles. The van der Waals surface area contributed by atoms with E-state index in [1.165, 1.54) is 6.07 Å². The Hall–Kier alpha value is -2.47. The zero-order valence-corrected chi connectivity index (χ0v) is 13.6. The van der Waals surface area contributed by atoms with E-state index in [9.17, 15) is 18.4 Å². The van der Waals surface area contributed by atoms with Gasteiger partial charge in [0.25, 0.3) is 0 Å². The molecule has 0 spiro atoms. The van der Waals surface area contributed by atoms with E-state index < -0.39 is 35.7 Å². The average molecular weight is 353 g/mol. The smallest absolute Gasteiger partial charge is 0.240 e. The van der Waals surface area contributed by atoms with Crippen LogP contribution >= 0.6 is 11.6 Å². The molecule has 0 aliphatic rings. The van der Waals surface area contributed by atoms with Crippen molar-refractivity contribution in [3.8, 4) is 0 Å². The molecule has 0 unspecified atom stereocenters. The van der Waals surface area contributed by atoms with Crippen LogP contribution in [0.5, 0.6) is 0 Å². The molecule has 126 valence electrons. The lowest BCUT2D eigenvalue weighted by Gasteiger charge is -2.21. The summed E-state index contributed by atoms with van der Waals surface area (Å²) in [4.78, 5) is 24.5. The molecule has 1 N–H and O–H groups in total. The van der Waals surface area contributed by atoms with Gasteiger partial charge in [0.2, 0.25) is 11.8 Å². The van der Waals surface area contributed by atoms with Gasteiger partial charge in [0, 0.05) is 18.5 Å². The summed E-state index contributed by atoms with van der Waals surface area (Å²) in [5.74, 6) is -2.99. The van der Waals surface area contributed by atoms with E-state index in [0.29, 0.717) is 5.02 Å². The van der Waals surface area contributed by atoms with Gasteiger partial charge in [0.15, 0.2) is 0 Å². The molecular weight excluding hydrogens is 338 g/mol. The fourth-order valence-corrected chi connectivity index (χ4v) is 2.22. The summed E-state index contributed by atoms with van der Waals surface area (Å²) in [6.07, 6.45) is 0. The van der Waals surface area contributed by atoms with Crippen molar-refractivity contribution in [2.75, 3.05) is 11.4 Å². The molecule has 0 aliphatic carbocycles. The maximum Gasteiger partial charge on any atom is 0.240 e. The first kappa shape index (κ1) is 17.9. The Morgan fingerprint density at radius 1 is 1.08 bits per heavy atom. The maximum absolute atomic E-state index is 13.8. The predicted octanol–water partition coefficient (Wildman–Crippen LogP) is 3.29. The van der Waals surface area contributed by atoms with Crippen molar-refractivity contribution in [3.63, 3.8) is 0 Å². The van der Waals surface area contributed by atoms with Gasteiger partial charge in [-0.15, -0.1) is 0 Å². The van der Waals surface area contributed by atoms with E-state index >= 15 is 0 Å². The first-order chi connectivity index (χ1) is 11.4. The van der Waals surface area contributed by atoms with Crippen molar-refractivity contribution < 1.29 is 18.4 Å². The van der Waals surface area contributed by atoms with Crippen LogP contribution in [0.25, 0.3) is 0 Å². The Kier molecular flexibility index (Phi) is 5.87. The van der Waals surface area contributed by atoms with Gasteiger partial charge in [-0.05, 0) is 29.8 Å². The van der Waals surface area contributed by atoms with Crippen LogP contribution in [0.3, 0.4) is 0 Å². The van der Waals surface area contributed by atoms with Crippen LogP contribution < -0.4 is 10.2 Å². The van der Waals surface area contributed by atoms with Crippen molar-refractivity contribution >= 4 is 29.1 Å². The molecule has 24 heavy (non-hydrogen) atoms. The van der Waals surface area contributed by atoms with Gasteiger partial charge < -0.3 is 5.32 Å². The van der Waals surface area contributed by atoms with E-state index in [0.717, 1.165) is 29.5 Å². The van der Waals surface area contributed by atoms with Crippen LogP contribution in [0.4, 0.5) is 14.5 Å². The monoisotopic (exact) mass is 352 g/mol. The third-order valence-corrected chi connectivity index (χ3v) is 3.54. The number of anilines is 1. The van der Waals surface area contributed by atoms with E-state index in [1.807, 2.05) is 0 Å². The van der Waals surface area contributed by atoms with Gasteiger partial charge in [-0.2, -0.15) is 0 Å². The van der Waals surface area contributed by atoms with E-state index in [1.54, 1.807) is 24.3 Å². The zero-order valence-electron chi connectivity index (χ0n) is 12.9. The molecule has 0 radical (unpaired) electrons. The largest absolute Gasteiger partial charge is 0.350 e. The van der Waals surface area contributed by atoms with Gasteiger partial charge >= 0.3 is 0 Å². The maximum atomic E-state index is 13.8. The fraction of sp³-hybridized carbons (Fsp3) is 0.176. The summed E-state index contributed by atoms with van der Waals surface area (Å²) in [6, 6.07) is 10.1. The Labute approximate surface area is 143 Å². The highest BCUT2D eigenvalue weighted by atomic mass is 35.5. The van der Waals surface area contributed by atoms with E-state index in [-0.39, 0.29) is 6.54 Å². The van der Waals surface area contributed by atoms with Crippen molar-refractivity contribution in [2.24, 2.45) is 0 Å². The van der Waals surface area contributed by atoms with Gasteiger partial charge in [-0.3, -0.25) is 14.5 Å². The standard InChI is InChI=1S/C17H15ClF2N2O2/c1-11(23)22(17-14(19)3-2-4-15(17)20)10-16(24)21-9-12-5-7-13(18)8-6-12/h2-8H,9-10H2,1H3,(H,21,24). The SMILES string of the molecule is CC(=O)N(CC(=O)NCc1ccc(Cl)cc1)c1c(F)cccc1F. The van der Waals surface area contributed by atoms with Gasteiger partial charge in [-0.25, -0.2) is 8.78 Å². The fourth-order valence-electron chi connectivity index (χ4n) is 2.10. The Bertz CT molecular complexity index is 731. The number of para-hydroxylation sites is 1. The third kappa shape index (κ3) is 4.52. The van der Waals surface area contributed by atoms with Crippen LogP contribution in [0.2, 0.25) is 5.02 Å². The molecule has 4 nitrogen and oxygen atoms in total. The minimum absolute atomic E-state index is 0.210. The van der Waals surface area contributed by atoms with Crippen molar-refractivity contribution in [2.45, 2.75) is 13.5 Å². The molecule has 0 fully saturated rings. The molecule has 7 heteroatoms. The molecule has 0 atom stereocenters. The highest BCUT2D eigenvalue weighted by Crippen LogP contribution is 2.23. The topological polar surface area (TPSA) is 49.4 Å². The lowest BCUT2D eigenvalue weighted by atomic mass is 10.2. The normalized spacial score (nSPS) is 10.3. The minimum atomic E-state index is -0.907.